The fourth-order valence-electron chi connectivity index (χ4n) is 3.93. The van der Waals surface area contributed by atoms with Crippen molar-refractivity contribution in [2.45, 2.75) is 11.3 Å². The first-order chi connectivity index (χ1) is 17.3. The summed E-state index contributed by atoms with van der Waals surface area (Å²) in [6, 6.07) is 9.41. The number of carbonyl (C=O) groups excluding carboxylic acids is 1. The van der Waals surface area contributed by atoms with Gasteiger partial charge in [0.2, 0.25) is 5.91 Å². The topological polar surface area (TPSA) is 98.3 Å². The molecule has 1 aliphatic heterocycles. The molecule has 0 unspecified atom stereocenters. The number of nitrogens with zero attached hydrogens (tertiary/aromatic N) is 3. The lowest BCUT2D eigenvalue weighted by molar-refractivity contribution is -0.116. The van der Waals surface area contributed by atoms with Crippen LogP contribution in [0.2, 0.25) is 5.02 Å². The zero-order chi connectivity index (χ0) is 25.7. The third-order valence-electron chi connectivity index (χ3n) is 5.89. The predicted octanol–water partition coefficient (Wildman–Crippen LogP) is 3.50. The summed E-state index contributed by atoms with van der Waals surface area (Å²) in [6.07, 6.45) is 0.648. The standard InChI is InChI=1S/C24H28ClN3O6S2/c1-32-17-4-6-18(7-5-17)36(30,31)16-21(29)28(11-3-10-27-12-14-34-15-13-27)24-26-22-20(33-2)9-8-19(25)23(22)35-24/h4-9H,3,10-16H2,1-2H3. The summed E-state index contributed by atoms with van der Waals surface area (Å²) >= 11 is 7.63. The van der Waals surface area contributed by atoms with E-state index in [1.54, 1.807) is 24.3 Å². The van der Waals surface area contributed by atoms with Gasteiger partial charge in [-0.15, -0.1) is 0 Å². The van der Waals surface area contributed by atoms with E-state index in [0.29, 0.717) is 58.0 Å². The Balaban J connectivity index is 1.59. The number of hydrogen-bond acceptors (Lipinski definition) is 9. The summed E-state index contributed by atoms with van der Waals surface area (Å²) in [5.41, 5.74) is 0.536. The molecule has 1 saturated heterocycles. The molecule has 0 spiro atoms. The second-order valence-electron chi connectivity index (χ2n) is 8.21. The largest absolute Gasteiger partial charge is 0.497 e. The Morgan fingerprint density at radius 1 is 1.14 bits per heavy atom. The van der Waals surface area contributed by atoms with Crippen molar-refractivity contribution in [1.82, 2.24) is 9.88 Å². The average molecular weight is 554 g/mol. The summed E-state index contributed by atoms with van der Waals surface area (Å²) < 4.78 is 42.7. The lowest BCUT2D eigenvalue weighted by Gasteiger charge is -2.27. The van der Waals surface area contributed by atoms with Gasteiger partial charge in [0.15, 0.2) is 15.0 Å². The van der Waals surface area contributed by atoms with Gasteiger partial charge in [0.05, 0.1) is 42.1 Å². The molecule has 4 rings (SSSR count). The van der Waals surface area contributed by atoms with Gasteiger partial charge < -0.3 is 14.2 Å². The Bertz CT molecular complexity index is 1310. The predicted molar refractivity (Wildman–Crippen MR) is 140 cm³/mol. The SMILES string of the molecule is COc1ccc(S(=O)(=O)CC(=O)N(CCCN2CCOCC2)c2nc3c(OC)ccc(Cl)c3s2)cc1. The second-order valence-corrected chi connectivity index (χ2v) is 11.6. The number of carbonyl (C=O) groups is 1. The lowest BCUT2D eigenvalue weighted by atomic mass is 10.3. The van der Waals surface area contributed by atoms with E-state index in [4.69, 9.17) is 25.8 Å². The normalized spacial score (nSPS) is 14.6. The van der Waals surface area contributed by atoms with Crippen molar-refractivity contribution < 1.29 is 27.4 Å². The molecule has 0 atom stereocenters. The number of fused-ring (bicyclic) bond motifs is 1. The molecule has 0 aliphatic carbocycles. The van der Waals surface area contributed by atoms with E-state index in [2.05, 4.69) is 9.88 Å². The van der Waals surface area contributed by atoms with E-state index < -0.39 is 21.5 Å². The zero-order valence-electron chi connectivity index (χ0n) is 20.1. The van der Waals surface area contributed by atoms with Gasteiger partial charge in [0, 0.05) is 26.2 Å². The van der Waals surface area contributed by atoms with Crippen molar-refractivity contribution in [3.8, 4) is 11.5 Å². The van der Waals surface area contributed by atoms with E-state index >= 15 is 0 Å². The highest BCUT2D eigenvalue weighted by Crippen LogP contribution is 2.39. The fourth-order valence-corrected chi connectivity index (χ4v) is 6.43. The maximum absolute atomic E-state index is 13.4. The number of halogens is 1. The smallest absolute Gasteiger partial charge is 0.244 e. The Kier molecular flexibility index (Phi) is 8.68. The van der Waals surface area contributed by atoms with Crippen molar-refractivity contribution in [2.24, 2.45) is 0 Å². The van der Waals surface area contributed by atoms with E-state index in [1.165, 1.54) is 42.6 Å². The zero-order valence-corrected chi connectivity index (χ0v) is 22.5. The van der Waals surface area contributed by atoms with E-state index in [1.807, 2.05) is 0 Å². The first-order valence-electron chi connectivity index (χ1n) is 11.4. The Morgan fingerprint density at radius 3 is 2.53 bits per heavy atom. The third-order valence-corrected chi connectivity index (χ3v) is 9.05. The summed E-state index contributed by atoms with van der Waals surface area (Å²) in [4.78, 5) is 21.8. The highest BCUT2D eigenvalue weighted by Gasteiger charge is 2.27. The van der Waals surface area contributed by atoms with Crippen LogP contribution in [0.4, 0.5) is 5.13 Å². The molecule has 1 amide bonds. The minimum absolute atomic E-state index is 0.0546. The number of rotatable bonds is 10. The van der Waals surface area contributed by atoms with E-state index in [-0.39, 0.29) is 4.90 Å². The average Bonchev–Trinajstić information content (AvgIpc) is 3.33. The van der Waals surface area contributed by atoms with Crippen LogP contribution in [-0.4, -0.2) is 83.6 Å². The van der Waals surface area contributed by atoms with Crippen molar-refractivity contribution in [1.29, 1.82) is 0 Å². The minimum atomic E-state index is -3.88. The number of hydrogen-bond donors (Lipinski definition) is 0. The molecule has 36 heavy (non-hydrogen) atoms. The number of ether oxygens (including phenoxy) is 3. The molecular formula is C24H28ClN3O6S2. The van der Waals surface area contributed by atoms with Crippen LogP contribution in [0.1, 0.15) is 6.42 Å². The number of methoxy groups -OCH3 is 2. The number of thiazole rings is 1. The first kappa shape index (κ1) is 26.6. The van der Waals surface area contributed by atoms with Crippen molar-refractivity contribution in [2.75, 3.05) is 64.3 Å². The van der Waals surface area contributed by atoms with Crippen LogP contribution in [0.25, 0.3) is 10.2 Å². The van der Waals surface area contributed by atoms with Crippen molar-refractivity contribution in [3.05, 3.63) is 41.4 Å². The Morgan fingerprint density at radius 2 is 1.86 bits per heavy atom. The highest BCUT2D eigenvalue weighted by molar-refractivity contribution is 7.92. The number of morpholine rings is 1. The number of benzene rings is 2. The second kappa shape index (κ2) is 11.7. The van der Waals surface area contributed by atoms with Gasteiger partial charge in [0.25, 0.3) is 0 Å². The van der Waals surface area contributed by atoms with Crippen LogP contribution in [0.5, 0.6) is 11.5 Å². The molecule has 2 aromatic carbocycles. The van der Waals surface area contributed by atoms with Gasteiger partial charge in [-0.1, -0.05) is 22.9 Å². The third kappa shape index (κ3) is 6.09. The maximum Gasteiger partial charge on any atom is 0.244 e. The molecule has 0 bridgehead atoms. The molecule has 0 N–H and O–H groups in total. The number of aromatic nitrogens is 1. The van der Waals surface area contributed by atoms with Crippen molar-refractivity contribution in [3.63, 3.8) is 0 Å². The number of sulfone groups is 1. The quantitative estimate of drug-likeness (QED) is 0.376. The van der Waals surface area contributed by atoms with Crippen molar-refractivity contribution >= 4 is 54.0 Å². The molecule has 9 nitrogen and oxygen atoms in total. The summed E-state index contributed by atoms with van der Waals surface area (Å²) in [7, 11) is -0.845. The molecule has 12 heteroatoms. The van der Waals surface area contributed by atoms with Gasteiger partial charge in [-0.2, -0.15) is 0 Å². The molecule has 1 fully saturated rings. The van der Waals surface area contributed by atoms with Crippen LogP contribution < -0.4 is 14.4 Å². The lowest BCUT2D eigenvalue weighted by Crippen LogP contribution is -2.40. The van der Waals surface area contributed by atoms with Gasteiger partial charge in [-0.05, 0) is 42.8 Å². The Hall–Kier alpha value is -2.44. The fraction of sp³-hybridized carbons (Fsp3) is 0.417. The first-order valence-corrected chi connectivity index (χ1v) is 14.3. The van der Waals surface area contributed by atoms with Crippen LogP contribution in [0, 0.1) is 0 Å². The van der Waals surface area contributed by atoms with Gasteiger partial charge in [0.1, 0.15) is 22.8 Å². The summed E-state index contributed by atoms with van der Waals surface area (Å²) in [5.74, 6) is -0.173. The van der Waals surface area contributed by atoms with Crippen LogP contribution in [-0.2, 0) is 19.4 Å². The molecule has 0 saturated carbocycles. The highest BCUT2D eigenvalue weighted by atomic mass is 35.5. The van der Waals surface area contributed by atoms with Crippen LogP contribution in [0.15, 0.2) is 41.3 Å². The summed E-state index contributed by atoms with van der Waals surface area (Å²) in [5, 5.41) is 0.870. The monoisotopic (exact) mass is 553 g/mol. The number of anilines is 1. The summed E-state index contributed by atoms with van der Waals surface area (Å²) in [6.45, 7) is 4.08. The molecule has 1 aromatic heterocycles. The minimum Gasteiger partial charge on any atom is -0.497 e. The molecular weight excluding hydrogens is 526 g/mol. The number of amides is 1. The van der Waals surface area contributed by atoms with Gasteiger partial charge in [-0.3, -0.25) is 14.6 Å². The molecule has 0 radical (unpaired) electrons. The van der Waals surface area contributed by atoms with Crippen LogP contribution in [0.3, 0.4) is 0 Å². The molecule has 3 aromatic rings. The van der Waals surface area contributed by atoms with E-state index in [9.17, 15) is 13.2 Å². The van der Waals surface area contributed by atoms with E-state index in [0.717, 1.165) is 19.6 Å². The molecule has 2 heterocycles. The molecule has 194 valence electrons. The van der Waals surface area contributed by atoms with Gasteiger partial charge >= 0.3 is 0 Å². The van der Waals surface area contributed by atoms with Gasteiger partial charge in [-0.25, -0.2) is 13.4 Å². The maximum atomic E-state index is 13.4. The van der Waals surface area contributed by atoms with Crippen LogP contribution >= 0.6 is 22.9 Å². The Labute approximate surface area is 219 Å². The molecule has 1 aliphatic rings.